The first-order valence-electron chi connectivity index (χ1n) is 10.3. The van der Waals surface area contributed by atoms with Gasteiger partial charge in [0.1, 0.15) is 16.5 Å². The van der Waals surface area contributed by atoms with E-state index in [2.05, 4.69) is 44.6 Å². The van der Waals surface area contributed by atoms with Crippen LogP contribution in [-0.4, -0.2) is 46.1 Å². The summed E-state index contributed by atoms with van der Waals surface area (Å²) in [6.07, 6.45) is 4.72. The van der Waals surface area contributed by atoms with Crippen molar-refractivity contribution >= 4 is 11.3 Å². The zero-order chi connectivity index (χ0) is 18.8. The fourth-order valence-electron chi connectivity index (χ4n) is 4.21. The lowest BCUT2D eigenvalue weighted by molar-refractivity contribution is 0.119. The van der Waals surface area contributed by atoms with Crippen LogP contribution in [0.4, 0.5) is 0 Å². The number of aromatic nitrogens is 2. The highest BCUT2D eigenvalue weighted by atomic mass is 32.1. The normalized spacial score (nSPS) is 18.3. The summed E-state index contributed by atoms with van der Waals surface area (Å²) in [6, 6.07) is 10.4. The summed E-state index contributed by atoms with van der Waals surface area (Å²) in [7, 11) is 0. The SMILES string of the molecule is c1ccc(-c2nc(CN3CCN(Cc4noc5c4CCCC5)CC3)cs2)cc1. The van der Waals surface area contributed by atoms with E-state index >= 15 is 0 Å². The lowest BCUT2D eigenvalue weighted by Gasteiger charge is -2.34. The Morgan fingerprint density at radius 3 is 2.50 bits per heavy atom. The van der Waals surface area contributed by atoms with Gasteiger partial charge >= 0.3 is 0 Å². The van der Waals surface area contributed by atoms with Crippen LogP contribution in [0.5, 0.6) is 0 Å². The third-order valence-corrected chi connectivity index (χ3v) is 6.77. The third kappa shape index (κ3) is 3.90. The molecule has 0 radical (unpaired) electrons. The van der Waals surface area contributed by atoms with Crippen molar-refractivity contribution in [2.75, 3.05) is 26.2 Å². The van der Waals surface area contributed by atoms with E-state index in [0.717, 1.165) is 62.9 Å². The summed E-state index contributed by atoms with van der Waals surface area (Å²) in [5, 5.41) is 7.69. The van der Waals surface area contributed by atoms with E-state index in [-0.39, 0.29) is 0 Å². The van der Waals surface area contributed by atoms with E-state index in [1.54, 1.807) is 11.3 Å². The topological polar surface area (TPSA) is 45.4 Å². The first-order valence-corrected chi connectivity index (χ1v) is 11.1. The van der Waals surface area contributed by atoms with Gasteiger partial charge < -0.3 is 4.52 Å². The fourth-order valence-corrected chi connectivity index (χ4v) is 5.03. The molecular weight excluding hydrogens is 368 g/mol. The predicted octanol–water partition coefficient (Wildman–Crippen LogP) is 3.99. The van der Waals surface area contributed by atoms with E-state index in [0.29, 0.717) is 0 Å². The zero-order valence-corrected chi connectivity index (χ0v) is 17.0. The molecule has 2 aromatic heterocycles. The number of hydrogen-bond donors (Lipinski definition) is 0. The van der Waals surface area contributed by atoms with Gasteiger partial charge in [-0.25, -0.2) is 4.98 Å². The summed E-state index contributed by atoms with van der Waals surface area (Å²) in [6.45, 7) is 6.20. The maximum absolute atomic E-state index is 5.57. The molecule has 5 nitrogen and oxygen atoms in total. The minimum atomic E-state index is 0.932. The lowest BCUT2D eigenvalue weighted by atomic mass is 9.96. The van der Waals surface area contributed by atoms with Crippen LogP contribution in [-0.2, 0) is 25.9 Å². The molecule has 0 N–H and O–H groups in total. The number of nitrogens with zero attached hydrogens (tertiary/aromatic N) is 4. The van der Waals surface area contributed by atoms with E-state index in [4.69, 9.17) is 9.51 Å². The van der Waals surface area contributed by atoms with Gasteiger partial charge in [-0.2, -0.15) is 0 Å². The monoisotopic (exact) mass is 394 g/mol. The van der Waals surface area contributed by atoms with Crippen molar-refractivity contribution < 1.29 is 4.52 Å². The average molecular weight is 395 g/mol. The number of piperazine rings is 1. The molecule has 1 aromatic carbocycles. The first kappa shape index (κ1) is 18.0. The Hall–Kier alpha value is -2.02. The Labute approximate surface area is 170 Å². The van der Waals surface area contributed by atoms with Crippen molar-refractivity contribution in [2.45, 2.75) is 38.8 Å². The highest BCUT2D eigenvalue weighted by Gasteiger charge is 2.23. The maximum atomic E-state index is 5.57. The van der Waals surface area contributed by atoms with E-state index < -0.39 is 0 Å². The second kappa shape index (κ2) is 8.15. The smallest absolute Gasteiger partial charge is 0.140 e. The Morgan fingerprint density at radius 2 is 1.68 bits per heavy atom. The van der Waals surface area contributed by atoms with Gasteiger partial charge in [-0.05, 0) is 19.3 Å². The molecule has 1 saturated heterocycles. The van der Waals surface area contributed by atoms with E-state index in [1.807, 2.05) is 6.07 Å². The molecule has 3 aromatic rings. The molecule has 6 heteroatoms. The van der Waals surface area contributed by atoms with Crippen molar-refractivity contribution in [1.82, 2.24) is 19.9 Å². The van der Waals surface area contributed by atoms with Crippen LogP contribution >= 0.6 is 11.3 Å². The molecule has 0 amide bonds. The summed E-state index contributed by atoms with van der Waals surface area (Å²) in [5.41, 5.74) is 4.96. The maximum Gasteiger partial charge on any atom is 0.140 e. The van der Waals surface area contributed by atoms with Crippen molar-refractivity contribution in [3.8, 4) is 10.6 Å². The molecule has 0 atom stereocenters. The minimum absolute atomic E-state index is 0.932. The molecule has 1 aliphatic heterocycles. The van der Waals surface area contributed by atoms with Crippen LogP contribution in [0.15, 0.2) is 40.2 Å². The molecule has 146 valence electrons. The molecule has 0 bridgehead atoms. The molecule has 3 heterocycles. The van der Waals surface area contributed by atoms with Crippen LogP contribution in [0.2, 0.25) is 0 Å². The Balaban J connectivity index is 1.15. The highest BCUT2D eigenvalue weighted by Crippen LogP contribution is 2.26. The van der Waals surface area contributed by atoms with Crippen molar-refractivity contribution in [3.63, 3.8) is 0 Å². The standard InChI is InChI=1S/C22H26N4OS/c1-2-6-17(7-3-1)22-23-18(16-28-22)14-25-10-12-26(13-11-25)15-20-19-8-4-5-9-21(19)27-24-20/h1-3,6-7,16H,4-5,8-15H2. The van der Waals surface area contributed by atoms with Gasteiger partial charge in [-0.3, -0.25) is 9.80 Å². The van der Waals surface area contributed by atoms with Crippen molar-refractivity contribution in [3.05, 3.63) is 58.4 Å². The highest BCUT2D eigenvalue weighted by molar-refractivity contribution is 7.13. The Bertz CT molecular complexity index is 912. The lowest BCUT2D eigenvalue weighted by Crippen LogP contribution is -2.45. The second-order valence-electron chi connectivity index (χ2n) is 7.80. The Kier molecular flexibility index (Phi) is 5.25. The second-order valence-corrected chi connectivity index (χ2v) is 8.66. The largest absolute Gasteiger partial charge is 0.361 e. The molecule has 1 aliphatic carbocycles. The molecule has 28 heavy (non-hydrogen) atoms. The van der Waals surface area contributed by atoms with Crippen LogP contribution in [0, 0.1) is 0 Å². The number of fused-ring (bicyclic) bond motifs is 1. The summed E-state index contributed by atoms with van der Waals surface area (Å²) < 4.78 is 5.57. The van der Waals surface area contributed by atoms with Crippen LogP contribution in [0.3, 0.4) is 0 Å². The third-order valence-electron chi connectivity index (χ3n) is 5.83. The molecule has 0 spiro atoms. The molecule has 2 aliphatic rings. The van der Waals surface area contributed by atoms with Crippen LogP contribution in [0.25, 0.3) is 10.6 Å². The number of rotatable bonds is 5. The van der Waals surface area contributed by atoms with Crippen LogP contribution < -0.4 is 0 Å². The number of benzene rings is 1. The zero-order valence-electron chi connectivity index (χ0n) is 16.1. The van der Waals surface area contributed by atoms with Gasteiger partial charge in [0.15, 0.2) is 0 Å². The molecular formula is C22H26N4OS. The van der Waals surface area contributed by atoms with Crippen LogP contribution in [0.1, 0.15) is 35.6 Å². The van der Waals surface area contributed by atoms with Gasteiger partial charge in [0.2, 0.25) is 0 Å². The number of aryl methyl sites for hydroxylation is 1. The Morgan fingerprint density at radius 1 is 0.929 bits per heavy atom. The van der Waals surface area contributed by atoms with E-state index in [9.17, 15) is 0 Å². The summed E-state index contributed by atoms with van der Waals surface area (Å²) in [5.74, 6) is 1.14. The molecule has 1 fully saturated rings. The minimum Gasteiger partial charge on any atom is -0.361 e. The fraction of sp³-hybridized carbons (Fsp3) is 0.455. The van der Waals surface area contributed by atoms with Crippen molar-refractivity contribution in [2.24, 2.45) is 0 Å². The van der Waals surface area contributed by atoms with Gasteiger partial charge in [-0.15, -0.1) is 11.3 Å². The number of thiazole rings is 1. The van der Waals surface area contributed by atoms with Gasteiger partial charge in [-0.1, -0.05) is 35.5 Å². The quantitative estimate of drug-likeness (QED) is 0.655. The average Bonchev–Trinajstić information content (AvgIpc) is 3.38. The predicted molar refractivity (Wildman–Crippen MR) is 111 cm³/mol. The van der Waals surface area contributed by atoms with Gasteiger partial charge in [0.05, 0.1) is 5.69 Å². The van der Waals surface area contributed by atoms with Crippen molar-refractivity contribution in [1.29, 1.82) is 0 Å². The van der Waals surface area contributed by atoms with Gasteiger partial charge in [0, 0.05) is 62.2 Å². The van der Waals surface area contributed by atoms with Gasteiger partial charge in [0.25, 0.3) is 0 Å². The first-order chi connectivity index (χ1) is 13.8. The molecule has 5 rings (SSSR count). The number of hydrogen-bond acceptors (Lipinski definition) is 6. The molecule has 0 unspecified atom stereocenters. The summed E-state index contributed by atoms with van der Waals surface area (Å²) >= 11 is 1.74. The summed E-state index contributed by atoms with van der Waals surface area (Å²) in [4.78, 5) is 9.87. The molecule has 0 saturated carbocycles. The van der Waals surface area contributed by atoms with E-state index in [1.165, 1.54) is 35.4 Å².